The normalized spacial score (nSPS) is 13.2. The van der Waals surface area contributed by atoms with Crippen molar-refractivity contribution < 1.29 is 43.3 Å². The average Bonchev–Trinajstić information content (AvgIpc) is 3.97. The SMILES string of the molecule is CCCCCCCCCCCCOC(=O)c1ccc(Cl)c(NC(=O)C2CCCC2=O)c1.CCCOC(=O)Cn1nnnc1SCc1ccc(Oc2cc(C(N)=O)c(O)c3ccccc23)c(C)c1. The number of halogens is 1. The first-order valence-electron chi connectivity index (χ1n) is 23.1. The lowest BCUT2D eigenvalue weighted by Crippen LogP contribution is -2.26. The minimum atomic E-state index is -0.742. The molecule has 358 valence electrons. The summed E-state index contributed by atoms with van der Waals surface area (Å²) in [5, 5.41) is 26.6. The van der Waals surface area contributed by atoms with Gasteiger partial charge in [0.2, 0.25) is 11.1 Å². The number of esters is 2. The Morgan fingerprint density at radius 3 is 2.25 bits per heavy atom. The summed E-state index contributed by atoms with van der Waals surface area (Å²) in [5.41, 5.74) is 7.98. The fourth-order valence-corrected chi connectivity index (χ4v) is 8.45. The number of rotatable bonds is 24. The van der Waals surface area contributed by atoms with E-state index in [1.165, 1.54) is 79.9 Å². The van der Waals surface area contributed by atoms with Gasteiger partial charge in [0.1, 0.15) is 29.6 Å². The fourth-order valence-electron chi connectivity index (χ4n) is 7.46. The second-order valence-electron chi connectivity index (χ2n) is 16.4. The summed E-state index contributed by atoms with van der Waals surface area (Å²) in [4.78, 5) is 60.2. The summed E-state index contributed by atoms with van der Waals surface area (Å²) in [5.74, 6) is -1.17. The van der Waals surface area contributed by atoms with Crippen LogP contribution < -0.4 is 15.8 Å². The zero-order valence-corrected chi connectivity index (χ0v) is 40.1. The number of benzene rings is 4. The van der Waals surface area contributed by atoms with Crippen molar-refractivity contribution >= 4 is 69.4 Å². The van der Waals surface area contributed by atoms with E-state index in [4.69, 9.17) is 31.5 Å². The predicted molar refractivity (Wildman–Crippen MR) is 259 cm³/mol. The molecule has 1 fully saturated rings. The van der Waals surface area contributed by atoms with Gasteiger partial charge in [-0.2, -0.15) is 0 Å². The molecule has 1 unspecified atom stereocenters. The van der Waals surface area contributed by atoms with E-state index in [0.29, 0.717) is 75.5 Å². The van der Waals surface area contributed by atoms with Gasteiger partial charge in [-0.05, 0) is 84.5 Å². The van der Waals surface area contributed by atoms with Crippen LogP contribution in [0.3, 0.4) is 0 Å². The van der Waals surface area contributed by atoms with E-state index in [0.717, 1.165) is 36.8 Å². The molecular weight excluding hydrogens is 896 g/mol. The number of aryl methyl sites for hydroxylation is 1. The van der Waals surface area contributed by atoms with Crippen LogP contribution in [0, 0.1) is 12.8 Å². The van der Waals surface area contributed by atoms with Crippen LogP contribution in [0.2, 0.25) is 5.02 Å². The molecule has 4 N–H and O–H groups in total. The van der Waals surface area contributed by atoms with E-state index in [9.17, 15) is 29.1 Å². The summed E-state index contributed by atoms with van der Waals surface area (Å²) < 4.78 is 18.0. The maximum atomic E-state index is 12.3. The predicted octanol–water partition coefficient (Wildman–Crippen LogP) is 10.7. The molecule has 1 heterocycles. The number of amides is 2. The van der Waals surface area contributed by atoms with Crippen molar-refractivity contribution in [2.75, 3.05) is 18.5 Å². The van der Waals surface area contributed by atoms with Gasteiger partial charge in [-0.25, -0.2) is 9.48 Å². The smallest absolute Gasteiger partial charge is 0.338 e. The molecule has 1 saturated carbocycles. The van der Waals surface area contributed by atoms with Crippen LogP contribution in [-0.2, 0) is 36.2 Å². The van der Waals surface area contributed by atoms with Gasteiger partial charge < -0.3 is 30.4 Å². The summed E-state index contributed by atoms with van der Waals surface area (Å²) in [6.45, 7) is 6.77. The first-order valence-corrected chi connectivity index (χ1v) is 24.4. The van der Waals surface area contributed by atoms with E-state index < -0.39 is 17.8 Å². The number of thioether (sulfide) groups is 1. The van der Waals surface area contributed by atoms with Gasteiger partial charge in [0.05, 0.1) is 41.0 Å². The first-order chi connectivity index (χ1) is 32.4. The summed E-state index contributed by atoms with van der Waals surface area (Å²) >= 11 is 7.56. The molecule has 4 aromatic carbocycles. The molecule has 67 heavy (non-hydrogen) atoms. The van der Waals surface area contributed by atoms with Crippen molar-refractivity contribution in [3.63, 3.8) is 0 Å². The molecule has 15 nitrogen and oxygen atoms in total. The maximum Gasteiger partial charge on any atom is 0.338 e. The second-order valence-corrected chi connectivity index (χ2v) is 17.8. The number of nitrogens with one attached hydrogen (secondary N) is 1. The fraction of sp³-hybridized carbons (Fsp3) is 0.440. The number of tetrazole rings is 1. The number of Topliss-reactive ketones (excluding diaryl/α,β-unsaturated/α-hetero) is 1. The summed E-state index contributed by atoms with van der Waals surface area (Å²) in [6.07, 6.45) is 14.7. The van der Waals surface area contributed by atoms with Crippen LogP contribution in [0.5, 0.6) is 17.2 Å². The number of carbonyl (C=O) groups excluding carboxylic acids is 5. The molecule has 0 saturated heterocycles. The van der Waals surface area contributed by atoms with Gasteiger partial charge in [-0.1, -0.05) is 131 Å². The number of hydrogen-bond donors (Lipinski definition) is 3. The van der Waals surface area contributed by atoms with Crippen molar-refractivity contribution in [3.8, 4) is 17.2 Å². The highest BCUT2D eigenvalue weighted by Gasteiger charge is 2.31. The highest BCUT2D eigenvalue weighted by atomic mass is 35.5. The van der Waals surface area contributed by atoms with E-state index in [2.05, 4.69) is 27.8 Å². The molecule has 0 aliphatic heterocycles. The number of ether oxygens (including phenoxy) is 3. The number of anilines is 1. The van der Waals surface area contributed by atoms with Crippen LogP contribution in [0.1, 0.15) is 136 Å². The molecule has 0 spiro atoms. The van der Waals surface area contributed by atoms with Gasteiger partial charge in [0.25, 0.3) is 5.91 Å². The monoisotopic (exact) mass is 956 g/mol. The Morgan fingerprint density at radius 1 is 0.866 bits per heavy atom. The molecule has 2 amide bonds. The number of aromatic hydroxyl groups is 1. The first kappa shape index (κ1) is 52.0. The van der Waals surface area contributed by atoms with Crippen LogP contribution in [0.25, 0.3) is 10.8 Å². The number of fused-ring (bicyclic) bond motifs is 1. The lowest BCUT2D eigenvalue weighted by molar-refractivity contribution is -0.144. The largest absolute Gasteiger partial charge is 0.506 e. The van der Waals surface area contributed by atoms with E-state index in [1.807, 2.05) is 38.1 Å². The number of primary amides is 1. The highest BCUT2D eigenvalue weighted by Crippen LogP contribution is 2.39. The Morgan fingerprint density at radius 2 is 1.58 bits per heavy atom. The van der Waals surface area contributed by atoms with Crippen molar-refractivity contribution in [2.24, 2.45) is 11.7 Å². The second kappa shape index (κ2) is 27.0. The Bertz CT molecular complexity index is 2480. The minimum absolute atomic E-state index is 0.00864. The van der Waals surface area contributed by atoms with Crippen LogP contribution >= 0.6 is 23.4 Å². The maximum absolute atomic E-state index is 12.3. The quantitative estimate of drug-likeness (QED) is 0.0227. The molecule has 1 aliphatic carbocycles. The third kappa shape index (κ3) is 15.8. The van der Waals surface area contributed by atoms with Gasteiger partial charge in [-0.15, -0.1) is 5.10 Å². The molecule has 17 heteroatoms. The highest BCUT2D eigenvalue weighted by molar-refractivity contribution is 7.98. The molecule has 1 aromatic heterocycles. The van der Waals surface area contributed by atoms with Crippen molar-refractivity contribution in [1.29, 1.82) is 0 Å². The van der Waals surface area contributed by atoms with Crippen LogP contribution in [0.15, 0.2) is 71.9 Å². The van der Waals surface area contributed by atoms with Crippen LogP contribution in [-0.4, -0.2) is 68.1 Å². The van der Waals surface area contributed by atoms with Crippen molar-refractivity contribution in [2.45, 2.75) is 128 Å². The van der Waals surface area contributed by atoms with Crippen LogP contribution in [0.4, 0.5) is 5.69 Å². The molecule has 0 bridgehead atoms. The number of carbonyl (C=O) groups is 5. The Balaban J connectivity index is 0.000000254. The Hall–Kier alpha value is -6.00. The molecular formula is C50H61ClN6O9S. The minimum Gasteiger partial charge on any atom is -0.506 e. The number of ketones is 1. The third-order valence-electron chi connectivity index (χ3n) is 11.1. The zero-order valence-electron chi connectivity index (χ0n) is 38.5. The number of aromatic nitrogens is 4. The van der Waals surface area contributed by atoms with Gasteiger partial charge in [0, 0.05) is 22.9 Å². The van der Waals surface area contributed by atoms with Crippen molar-refractivity contribution in [1.82, 2.24) is 20.2 Å². The van der Waals surface area contributed by atoms with E-state index >= 15 is 0 Å². The lowest BCUT2D eigenvalue weighted by Gasteiger charge is -2.14. The number of unbranched alkanes of at least 4 members (excludes halogenated alkanes) is 9. The van der Waals surface area contributed by atoms with E-state index in [-0.39, 0.29) is 35.5 Å². The number of phenols is 1. The molecule has 1 atom stereocenters. The molecule has 6 rings (SSSR count). The van der Waals surface area contributed by atoms with Gasteiger partial charge >= 0.3 is 11.9 Å². The Labute approximate surface area is 400 Å². The van der Waals surface area contributed by atoms with Gasteiger partial charge in [0.15, 0.2) is 0 Å². The number of hydrogen-bond acceptors (Lipinski definition) is 13. The zero-order chi connectivity index (χ0) is 48.1. The van der Waals surface area contributed by atoms with E-state index in [1.54, 1.807) is 30.3 Å². The lowest BCUT2D eigenvalue weighted by atomic mass is 10.0. The summed E-state index contributed by atoms with van der Waals surface area (Å²) in [7, 11) is 0. The summed E-state index contributed by atoms with van der Waals surface area (Å²) in [6, 6.07) is 18.9. The third-order valence-corrected chi connectivity index (χ3v) is 12.5. The number of nitrogens with two attached hydrogens (primary N) is 1. The Kier molecular flexibility index (Phi) is 20.9. The molecule has 0 radical (unpaired) electrons. The average molecular weight is 958 g/mol. The van der Waals surface area contributed by atoms with Crippen molar-refractivity contribution in [3.05, 3.63) is 94.0 Å². The molecule has 5 aromatic rings. The standard InChI is InChI=1S/C25H36ClNO4.C25H25N5O5S/c1-2-3-4-5-6-7-8-9-10-11-17-31-25(30)19-15-16-21(26)22(18-19)27-24(29)20-13-12-14-23(20)28;1-3-10-34-22(31)13-30-25(27-28-29-30)36-14-16-8-9-20(15(2)11-16)35-21-12-19(24(26)33)23(32)18-7-5-4-6-17(18)21/h15-16,18,20H,2-14,17H2,1H3,(H,27,29);4-9,11-12,32H,3,10,13-14H2,1-2H3,(H2,26,33). The topological polar surface area (TPSA) is 215 Å². The van der Waals surface area contributed by atoms with Gasteiger partial charge in [-0.3, -0.25) is 19.2 Å². The molecule has 1 aliphatic rings. The number of nitrogens with zero attached hydrogens (tertiary/aromatic N) is 4.